The third-order valence-electron chi connectivity index (χ3n) is 8.61. The zero-order valence-electron chi connectivity index (χ0n) is 25.0. The summed E-state index contributed by atoms with van der Waals surface area (Å²) < 4.78 is 21.3. The van der Waals surface area contributed by atoms with Gasteiger partial charge >= 0.3 is 15.1 Å². The van der Waals surface area contributed by atoms with Crippen LogP contribution in [0.2, 0.25) is 0 Å². The zero-order valence-corrected chi connectivity index (χ0v) is 26.2. The Morgan fingerprint density at radius 1 is 0.382 bits per heavy atom. The molecule has 0 aromatic rings. The second kappa shape index (κ2) is 19.5. The summed E-state index contributed by atoms with van der Waals surface area (Å²) in [4.78, 5) is 0. The number of hydrogen-bond acceptors (Lipinski definition) is 3. The van der Waals surface area contributed by atoms with Crippen molar-refractivity contribution in [2.24, 2.45) is 0 Å². The monoisotopic (exact) mass is 498 g/mol. The summed E-state index contributed by atoms with van der Waals surface area (Å²) in [5.41, 5.74) is -0.335. The molecule has 0 spiro atoms. The molecule has 0 atom stereocenters. The van der Waals surface area contributed by atoms with E-state index in [9.17, 15) is 0 Å². The fourth-order valence-corrected chi connectivity index (χ4v) is 7.99. The van der Waals surface area contributed by atoms with Crippen LogP contribution < -0.4 is 0 Å². The second-order valence-corrected chi connectivity index (χ2v) is 12.0. The van der Waals surface area contributed by atoms with E-state index in [2.05, 4.69) is 62.3 Å². The van der Waals surface area contributed by atoms with Crippen molar-refractivity contribution in [3.05, 3.63) is 0 Å². The first-order valence-corrected chi connectivity index (χ1v) is 16.8. The summed E-state index contributed by atoms with van der Waals surface area (Å²) in [6, 6.07) is 0. The Labute approximate surface area is 220 Å². The first kappa shape index (κ1) is 34.4. The van der Waals surface area contributed by atoms with Crippen molar-refractivity contribution >= 4 is 15.1 Å². The van der Waals surface area contributed by atoms with Crippen LogP contribution in [0.5, 0.6) is 0 Å². The molecule has 0 saturated heterocycles. The maximum Gasteiger partial charge on any atom is 0.906 e. The highest BCUT2D eigenvalue weighted by atomic mass is 27.3. The van der Waals surface area contributed by atoms with E-state index in [1.54, 1.807) is 0 Å². The number of hydrogen-bond donors (Lipinski definition) is 0. The average molecular weight is 499 g/mol. The molecule has 0 radical (unpaired) electrons. The predicted molar refractivity (Wildman–Crippen MR) is 151 cm³/mol. The van der Waals surface area contributed by atoms with Crippen LogP contribution in [0.4, 0.5) is 0 Å². The van der Waals surface area contributed by atoms with Gasteiger partial charge in [-0.15, -0.1) is 0 Å². The fourth-order valence-electron chi connectivity index (χ4n) is 5.26. The van der Waals surface area contributed by atoms with Crippen molar-refractivity contribution in [2.75, 3.05) is 0 Å². The van der Waals surface area contributed by atoms with Gasteiger partial charge < -0.3 is 11.4 Å². The van der Waals surface area contributed by atoms with Gasteiger partial charge in [0, 0.05) is 16.8 Å². The minimum absolute atomic E-state index is 0.112. The zero-order chi connectivity index (χ0) is 25.9. The smallest absolute Gasteiger partial charge is 0.449 e. The molecular weight excluding hydrogens is 435 g/mol. The lowest BCUT2D eigenvalue weighted by atomic mass is 9.91. The Morgan fingerprint density at radius 3 is 0.794 bits per heavy atom. The molecule has 3 nitrogen and oxygen atoms in total. The molecule has 204 valence electrons. The normalized spacial score (nSPS) is 13.0. The Bertz CT molecular complexity index is 389. The molecule has 0 saturated carbocycles. The van der Waals surface area contributed by atoms with Crippen LogP contribution in [-0.4, -0.2) is 32.0 Å². The van der Waals surface area contributed by atoms with Crippen LogP contribution in [0.1, 0.15) is 178 Å². The lowest BCUT2D eigenvalue weighted by molar-refractivity contribution is -0.104. The molecule has 4 heteroatoms. The SMILES string of the molecule is CCCCCC(CC)(CC)[O][Al]([O]C(CC)(CC)CCCCC)[O]C(CC)(CC)CCCCC. The molecule has 0 fully saturated rings. The molecule has 0 bridgehead atoms. The van der Waals surface area contributed by atoms with Crippen LogP contribution in [0.15, 0.2) is 0 Å². The second-order valence-electron chi connectivity index (χ2n) is 10.7. The van der Waals surface area contributed by atoms with E-state index in [-0.39, 0.29) is 16.8 Å². The molecule has 0 aliphatic rings. The average Bonchev–Trinajstić information content (AvgIpc) is 2.87. The Hall–Kier alpha value is 0.412. The highest BCUT2D eigenvalue weighted by Crippen LogP contribution is 2.36. The number of rotatable bonds is 24. The Kier molecular flexibility index (Phi) is 19.8. The van der Waals surface area contributed by atoms with Crippen LogP contribution in [0.3, 0.4) is 0 Å². The van der Waals surface area contributed by atoms with Crippen molar-refractivity contribution in [1.29, 1.82) is 0 Å². The molecule has 0 unspecified atom stereocenters. The van der Waals surface area contributed by atoms with Crippen molar-refractivity contribution < 1.29 is 11.4 Å². The molecule has 0 aromatic carbocycles. The third-order valence-corrected chi connectivity index (χ3v) is 10.7. The summed E-state index contributed by atoms with van der Waals surface area (Å²) in [7, 11) is 0. The van der Waals surface area contributed by atoms with Gasteiger partial charge in [-0.2, -0.15) is 0 Å². The molecule has 0 N–H and O–H groups in total. The summed E-state index contributed by atoms with van der Waals surface area (Å²) in [6.45, 7) is 20.6. The third kappa shape index (κ3) is 12.1. The summed E-state index contributed by atoms with van der Waals surface area (Å²) in [6.07, 6.45) is 20.8. The van der Waals surface area contributed by atoms with Crippen molar-refractivity contribution in [1.82, 2.24) is 0 Å². The molecule has 0 aliphatic carbocycles. The Morgan fingerprint density at radius 2 is 0.618 bits per heavy atom. The predicted octanol–water partition coefficient (Wildman–Crippen LogP) is 10.4. The van der Waals surface area contributed by atoms with Crippen LogP contribution in [0, 0.1) is 0 Å². The van der Waals surface area contributed by atoms with E-state index in [1.807, 2.05) is 0 Å². The maximum absolute atomic E-state index is 7.11. The van der Waals surface area contributed by atoms with E-state index < -0.39 is 15.1 Å². The fraction of sp³-hybridized carbons (Fsp3) is 1.00. The van der Waals surface area contributed by atoms with Crippen molar-refractivity contribution in [3.63, 3.8) is 0 Å². The van der Waals surface area contributed by atoms with Gasteiger partial charge in [-0.05, 0) is 57.8 Å². The molecule has 0 heterocycles. The van der Waals surface area contributed by atoms with Gasteiger partial charge in [-0.3, -0.25) is 0 Å². The highest BCUT2D eigenvalue weighted by molar-refractivity contribution is 6.37. The van der Waals surface area contributed by atoms with Crippen molar-refractivity contribution in [2.45, 2.75) is 195 Å². The summed E-state index contributed by atoms with van der Waals surface area (Å²) in [5.74, 6) is 0. The van der Waals surface area contributed by atoms with E-state index in [0.717, 1.165) is 57.8 Å². The lowest BCUT2D eigenvalue weighted by Crippen LogP contribution is -2.51. The minimum atomic E-state index is -2.37. The van der Waals surface area contributed by atoms with E-state index >= 15 is 0 Å². The van der Waals surface area contributed by atoms with E-state index in [1.165, 1.54) is 57.8 Å². The molecule has 0 amide bonds. The largest absolute Gasteiger partial charge is 0.906 e. The van der Waals surface area contributed by atoms with Crippen LogP contribution in [0.25, 0.3) is 0 Å². The first-order chi connectivity index (χ1) is 16.3. The Balaban J connectivity index is 5.98. The number of unbranched alkanes of at least 4 members (excludes halogenated alkanes) is 6. The molecular formula is C30H63AlO3. The summed E-state index contributed by atoms with van der Waals surface area (Å²) in [5, 5.41) is 0. The topological polar surface area (TPSA) is 27.7 Å². The first-order valence-electron chi connectivity index (χ1n) is 15.4. The van der Waals surface area contributed by atoms with E-state index in [4.69, 9.17) is 11.4 Å². The summed E-state index contributed by atoms with van der Waals surface area (Å²) >= 11 is -2.37. The molecule has 0 aliphatic heterocycles. The van der Waals surface area contributed by atoms with Gasteiger partial charge in [0.1, 0.15) is 0 Å². The molecule has 0 rings (SSSR count). The highest BCUT2D eigenvalue weighted by Gasteiger charge is 2.49. The molecule has 0 aromatic heterocycles. The van der Waals surface area contributed by atoms with Gasteiger partial charge in [0.15, 0.2) is 0 Å². The van der Waals surface area contributed by atoms with E-state index in [0.29, 0.717) is 0 Å². The standard InChI is InChI=1S/3C10H21O.Al/c3*1-4-7-8-9-10(11,5-2)6-3;/h3*4-9H2,1-3H3;/q3*-1;+3. The van der Waals surface area contributed by atoms with Gasteiger partial charge in [0.2, 0.25) is 0 Å². The van der Waals surface area contributed by atoms with Gasteiger partial charge in [-0.25, -0.2) is 0 Å². The van der Waals surface area contributed by atoms with Crippen LogP contribution in [-0.2, 0) is 11.4 Å². The van der Waals surface area contributed by atoms with Gasteiger partial charge in [-0.1, -0.05) is 120 Å². The van der Waals surface area contributed by atoms with Crippen LogP contribution >= 0.6 is 0 Å². The minimum Gasteiger partial charge on any atom is -0.449 e. The lowest BCUT2D eigenvalue weighted by Gasteiger charge is -2.43. The van der Waals surface area contributed by atoms with Gasteiger partial charge in [0.05, 0.1) is 0 Å². The maximum atomic E-state index is 7.11. The quantitative estimate of drug-likeness (QED) is 0.0978. The van der Waals surface area contributed by atoms with Crippen molar-refractivity contribution in [3.8, 4) is 0 Å². The molecule has 34 heavy (non-hydrogen) atoms. The van der Waals surface area contributed by atoms with Gasteiger partial charge in [0.25, 0.3) is 0 Å².